The Kier molecular flexibility index (Phi) is 4.45. The predicted octanol–water partition coefficient (Wildman–Crippen LogP) is 4.57. The fourth-order valence-corrected chi connectivity index (χ4v) is 1.59. The summed E-state index contributed by atoms with van der Waals surface area (Å²) < 4.78 is 0. The number of hydrogen-bond acceptors (Lipinski definition) is 0. The van der Waals surface area contributed by atoms with E-state index in [0.717, 1.165) is 6.42 Å². The maximum absolute atomic E-state index is 2.26. The van der Waals surface area contributed by atoms with Gasteiger partial charge in [0.1, 0.15) is 0 Å². The molecule has 1 aliphatic rings. The van der Waals surface area contributed by atoms with E-state index in [1.165, 1.54) is 29.6 Å². The van der Waals surface area contributed by atoms with Gasteiger partial charge in [-0.1, -0.05) is 42.9 Å². The van der Waals surface area contributed by atoms with Gasteiger partial charge in [-0.25, -0.2) is 0 Å². The van der Waals surface area contributed by atoms with Crippen molar-refractivity contribution in [2.24, 2.45) is 0 Å². The van der Waals surface area contributed by atoms with E-state index < -0.39 is 0 Å². The van der Waals surface area contributed by atoms with Gasteiger partial charge in [-0.3, -0.25) is 0 Å². The van der Waals surface area contributed by atoms with Gasteiger partial charge in [-0.05, 0) is 44.3 Å². The molecule has 0 radical (unpaired) electrons. The molecule has 0 saturated heterocycles. The topological polar surface area (TPSA) is 0 Å². The fourth-order valence-electron chi connectivity index (χ4n) is 1.59. The summed E-state index contributed by atoms with van der Waals surface area (Å²) >= 11 is 0. The van der Waals surface area contributed by atoms with E-state index in [1.807, 2.05) is 0 Å². The SMILES string of the molecule is CC/C(=C\C=C(C)C)C1=CC=CCC1. The van der Waals surface area contributed by atoms with Crippen molar-refractivity contribution in [2.45, 2.75) is 40.0 Å². The molecule has 0 N–H and O–H groups in total. The van der Waals surface area contributed by atoms with E-state index in [2.05, 4.69) is 51.2 Å². The van der Waals surface area contributed by atoms with Crippen molar-refractivity contribution in [3.8, 4) is 0 Å². The summed E-state index contributed by atoms with van der Waals surface area (Å²) in [5, 5.41) is 0. The summed E-state index contributed by atoms with van der Waals surface area (Å²) in [5.41, 5.74) is 4.35. The molecule has 1 aliphatic carbocycles. The third-order valence-electron chi connectivity index (χ3n) is 2.43. The van der Waals surface area contributed by atoms with Gasteiger partial charge in [-0.2, -0.15) is 0 Å². The lowest BCUT2D eigenvalue weighted by molar-refractivity contribution is 0.938. The van der Waals surface area contributed by atoms with Gasteiger partial charge in [0.25, 0.3) is 0 Å². The quantitative estimate of drug-likeness (QED) is 0.569. The maximum atomic E-state index is 2.26. The minimum absolute atomic E-state index is 1.13. The monoisotopic (exact) mass is 188 g/mol. The highest BCUT2D eigenvalue weighted by Crippen LogP contribution is 2.22. The van der Waals surface area contributed by atoms with Crippen LogP contribution in [0.2, 0.25) is 0 Å². The van der Waals surface area contributed by atoms with Gasteiger partial charge < -0.3 is 0 Å². The molecule has 0 saturated carbocycles. The van der Waals surface area contributed by atoms with Gasteiger partial charge in [0.2, 0.25) is 0 Å². The second-order valence-electron chi connectivity index (χ2n) is 3.95. The lowest BCUT2D eigenvalue weighted by Gasteiger charge is -2.11. The molecular weight excluding hydrogens is 168 g/mol. The molecule has 1 rings (SSSR count). The van der Waals surface area contributed by atoms with Gasteiger partial charge in [-0.15, -0.1) is 0 Å². The first-order valence-electron chi connectivity index (χ1n) is 5.44. The molecular formula is C14H20. The summed E-state index contributed by atoms with van der Waals surface area (Å²) in [7, 11) is 0. The van der Waals surface area contributed by atoms with Crippen LogP contribution in [0, 0.1) is 0 Å². The molecule has 0 heteroatoms. The van der Waals surface area contributed by atoms with Crippen LogP contribution in [0.3, 0.4) is 0 Å². The van der Waals surface area contributed by atoms with Crippen LogP contribution in [-0.2, 0) is 0 Å². The van der Waals surface area contributed by atoms with Crippen LogP contribution in [0.15, 0.2) is 47.1 Å². The first kappa shape index (κ1) is 11.0. The predicted molar refractivity (Wildman–Crippen MR) is 64.3 cm³/mol. The van der Waals surface area contributed by atoms with Crippen LogP contribution < -0.4 is 0 Å². The Morgan fingerprint density at radius 2 is 2.14 bits per heavy atom. The minimum atomic E-state index is 1.13. The third-order valence-corrected chi connectivity index (χ3v) is 2.43. The molecule has 0 nitrogen and oxygen atoms in total. The lowest BCUT2D eigenvalue weighted by Crippen LogP contribution is -1.91. The van der Waals surface area contributed by atoms with E-state index in [0.29, 0.717) is 0 Å². The van der Waals surface area contributed by atoms with Crippen molar-refractivity contribution >= 4 is 0 Å². The minimum Gasteiger partial charge on any atom is -0.0842 e. The first-order chi connectivity index (χ1) is 6.74. The van der Waals surface area contributed by atoms with Gasteiger partial charge >= 0.3 is 0 Å². The van der Waals surface area contributed by atoms with Gasteiger partial charge in [0, 0.05) is 0 Å². The molecule has 0 aliphatic heterocycles. The van der Waals surface area contributed by atoms with Crippen molar-refractivity contribution in [1.29, 1.82) is 0 Å². The standard InChI is InChI=1S/C14H20/c1-4-13(11-10-12(2)3)14-8-6-5-7-9-14/h5-6,8,10-11H,4,7,9H2,1-3H3/b13-11+. The van der Waals surface area contributed by atoms with E-state index in [-0.39, 0.29) is 0 Å². The summed E-state index contributed by atoms with van der Waals surface area (Å²) in [4.78, 5) is 0. The van der Waals surface area contributed by atoms with Crippen molar-refractivity contribution in [2.75, 3.05) is 0 Å². The summed E-state index contributed by atoms with van der Waals surface area (Å²) in [6.07, 6.45) is 14.6. The highest BCUT2D eigenvalue weighted by Gasteiger charge is 2.03. The largest absolute Gasteiger partial charge is 0.0842 e. The molecule has 0 aromatic rings. The second-order valence-corrected chi connectivity index (χ2v) is 3.95. The summed E-state index contributed by atoms with van der Waals surface area (Å²) in [6, 6.07) is 0. The van der Waals surface area contributed by atoms with Gasteiger partial charge in [0.05, 0.1) is 0 Å². The van der Waals surface area contributed by atoms with Gasteiger partial charge in [0.15, 0.2) is 0 Å². The molecule has 0 atom stereocenters. The molecule has 0 aromatic heterocycles. The third kappa shape index (κ3) is 3.37. The Morgan fingerprint density at radius 1 is 1.36 bits per heavy atom. The maximum Gasteiger partial charge on any atom is -0.0241 e. The average molecular weight is 188 g/mol. The van der Waals surface area contributed by atoms with Crippen molar-refractivity contribution in [1.82, 2.24) is 0 Å². The number of rotatable bonds is 3. The van der Waals surface area contributed by atoms with Crippen LogP contribution >= 0.6 is 0 Å². The normalized spacial score (nSPS) is 16.5. The summed E-state index contributed by atoms with van der Waals surface area (Å²) in [6.45, 7) is 6.50. The zero-order valence-corrected chi connectivity index (χ0v) is 9.51. The molecule has 0 unspecified atom stereocenters. The van der Waals surface area contributed by atoms with Crippen molar-refractivity contribution < 1.29 is 0 Å². The van der Waals surface area contributed by atoms with Crippen LogP contribution in [0.25, 0.3) is 0 Å². The molecule has 0 bridgehead atoms. The Balaban J connectivity index is 2.80. The Bertz CT molecular complexity index is 294. The Hall–Kier alpha value is -1.04. The van der Waals surface area contributed by atoms with Crippen molar-refractivity contribution in [3.63, 3.8) is 0 Å². The zero-order chi connectivity index (χ0) is 10.4. The second kappa shape index (κ2) is 5.64. The Morgan fingerprint density at radius 3 is 2.64 bits per heavy atom. The molecule has 0 aromatic carbocycles. The van der Waals surface area contributed by atoms with E-state index in [1.54, 1.807) is 0 Å². The molecule has 76 valence electrons. The van der Waals surface area contributed by atoms with Crippen LogP contribution in [0.5, 0.6) is 0 Å². The van der Waals surface area contributed by atoms with E-state index in [9.17, 15) is 0 Å². The molecule has 0 spiro atoms. The number of allylic oxidation sites excluding steroid dienone is 8. The van der Waals surface area contributed by atoms with Crippen LogP contribution in [0.4, 0.5) is 0 Å². The molecule has 14 heavy (non-hydrogen) atoms. The first-order valence-corrected chi connectivity index (χ1v) is 5.44. The molecule has 0 amide bonds. The highest BCUT2D eigenvalue weighted by molar-refractivity contribution is 5.38. The summed E-state index contributed by atoms with van der Waals surface area (Å²) in [5.74, 6) is 0. The smallest absolute Gasteiger partial charge is 0.0241 e. The van der Waals surface area contributed by atoms with E-state index >= 15 is 0 Å². The Labute approximate surface area is 87.7 Å². The molecule has 0 heterocycles. The van der Waals surface area contributed by atoms with Crippen LogP contribution in [0.1, 0.15) is 40.0 Å². The number of hydrogen-bond donors (Lipinski definition) is 0. The van der Waals surface area contributed by atoms with Crippen LogP contribution in [-0.4, -0.2) is 0 Å². The zero-order valence-electron chi connectivity index (χ0n) is 9.51. The molecule has 0 fully saturated rings. The lowest BCUT2D eigenvalue weighted by atomic mass is 9.95. The van der Waals surface area contributed by atoms with E-state index in [4.69, 9.17) is 0 Å². The fraction of sp³-hybridized carbons (Fsp3) is 0.429. The van der Waals surface area contributed by atoms with Crippen molar-refractivity contribution in [3.05, 3.63) is 47.1 Å². The average Bonchev–Trinajstić information content (AvgIpc) is 2.20. The highest BCUT2D eigenvalue weighted by atomic mass is 14.1.